The third-order valence-electron chi connectivity index (χ3n) is 7.07. The molecule has 0 bridgehead atoms. The van der Waals surface area contributed by atoms with Gasteiger partial charge in [-0.25, -0.2) is 4.79 Å². The minimum Gasteiger partial charge on any atom is -0.497 e. The lowest BCUT2D eigenvalue weighted by atomic mass is 9.99. The van der Waals surface area contributed by atoms with Crippen molar-refractivity contribution < 1.29 is 24.2 Å². The first-order valence-corrected chi connectivity index (χ1v) is 13.4. The van der Waals surface area contributed by atoms with Crippen molar-refractivity contribution in [1.82, 2.24) is 9.80 Å². The van der Waals surface area contributed by atoms with E-state index in [4.69, 9.17) is 9.47 Å². The van der Waals surface area contributed by atoms with Gasteiger partial charge in [-0.1, -0.05) is 43.3 Å². The maximum absolute atomic E-state index is 13.7. The Morgan fingerprint density at radius 1 is 1.10 bits per heavy atom. The van der Waals surface area contributed by atoms with Gasteiger partial charge in [0.2, 0.25) is 0 Å². The van der Waals surface area contributed by atoms with E-state index < -0.39 is 6.03 Å². The number of carbonyl (C=O) groups is 2. The Morgan fingerprint density at radius 3 is 2.50 bits per heavy atom. The summed E-state index contributed by atoms with van der Waals surface area (Å²) in [4.78, 5) is 30.5. The predicted molar refractivity (Wildman–Crippen MR) is 156 cm³/mol. The molecule has 9 nitrogen and oxygen atoms in total. The van der Waals surface area contributed by atoms with Crippen molar-refractivity contribution in [2.24, 2.45) is 5.92 Å². The molecule has 0 fully saturated rings. The number of hydrogen-bond donors (Lipinski definition) is 3. The van der Waals surface area contributed by atoms with Gasteiger partial charge in [0, 0.05) is 31.2 Å². The molecule has 0 spiro atoms. The number of anilines is 2. The average molecular weight is 547 g/mol. The monoisotopic (exact) mass is 546 g/mol. The van der Waals surface area contributed by atoms with E-state index in [1.54, 1.807) is 54.5 Å². The number of benzene rings is 3. The number of aliphatic hydroxyl groups excluding tert-OH is 1. The first-order chi connectivity index (χ1) is 19.3. The lowest BCUT2D eigenvalue weighted by Crippen LogP contribution is -2.49. The standard InChI is InChI=1S/C31H38N4O5/c1-21-17-35(22(2)20-36)30(37)26-11-8-12-27(33-31(38)32-24-13-15-25(39-4)16-14-24)29(26)40-28(21)19-34(3)18-23-9-6-5-7-10-23/h5-16,21-22,28,36H,17-20H2,1-4H3,(H2,32,33,38)/t21-,22+,28+/m0/s1. The van der Waals surface area contributed by atoms with Gasteiger partial charge < -0.3 is 30.1 Å². The largest absolute Gasteiger partial charge is 0.497 e. The van der Waals surface area contributed by atoms with Crippen LogP contribution in [0.25, 0.3) is 0 Å². The highest BCUT2D eigenvalue weighted by molar-refractivity contribution is 6.04. The molecule has 3 atom stereocenters. The molecular formula is C31H38N4O5. The number of aliphatic hydroxyl groups is 1. The van der Waals surface area contributed by atoms with Gasteiger partial charge in [-0.3, -0.25) is 9.69 Å². The molecule has 3 aromatic rings. The minimum absolute atomic E-state index is 0.0505. The van der Waals surface area contributed by atoms with Gasteiger partial charge in [-0.15, -0.1) is 0 Å². The van der Waals surface area contributed by atoms with Gasteiger partial charge in [0.05, 0.1) is 31.0 Å². The molecule has 3 amide bonds. The number of likely N-dealkylation sites (N-methyl/N-ethyl adjacent to an activating group) is 1. The molecule has 0 unspecified atom stereocenters. The number of nitrogens with one attached hydrogen (secondary N) is 2. The van der Waals surface area contributed by atoms with Crippen molar-refractivity contribution in [3.8, 4) is 11.5 Å². The van der Waals surface area contributed by atoms with Crippen LogP contribution in [-0.4, -0.2) is 72.8 Å². The molecule has 212 valence electrons. The highest BCUT2D eigenvalue weighted by atomic mass is 16.5. The predicted octanol–water partition coefficient (Wildman–Crippen LogP) is 4.69. The molecule has 0 saturated heterocycles. The molecule has 40 heavy (non-hydrogen) atoms. The molecule has 1 heterocycles. The zero-order valence-corrected chi connectivity index (χ0v) is 23.5. The van der Waals surface area contributed by atoms with E-state index in [0.717, 1.165) is 6.54 Å². The van der Waals surface area contributed by atoms with Crippen LogP contribution in [0.2, 0.25) is 0 Å². The Morgan fingerprint density at radius 2 is 1.82 bits per heavy atom. The third-order valence-corrected chi connectivity index (χ3v) is 7.07. The second kappa shape index (κ2) is 13.3. The molecule has 0 aromatic heterocycles. The number of carbonyl (C=O) groups excluding carboxylic acids is 2. The van der Waals surface area contributed by atoms with Gasteiger partial charge in [-0.2, -0.15) is 0 Å². The van der Waals surface area contributed by atoms with E-state index in [9.17, 15) is 14.7 Å². The topological polar surface area (TPSA) is 103 Å². The maximum Gasteiger partial charge on any atom is 0.323 e. The van der Waals surface area contributed by atoms with E-state index in [1.807, 2.05) is 39.1 Å². The molecule has 4 rings (SSSR count). The first kappa shape index (κ1) is 28.9. The van der Waals surface area contributed by atoms with Crippen molar-refractivity contribution in [3.63, 3.8) is 0 Å². The number of para-hydroxylation sites is 1. The molecule has 3 N–H and O–H groups in total. The summed E-state index contributed by atoms with van der Waals surface area (Å²) in [7, 11) is 3.62. The normalized spacial score (nSPS) is 17.8. The molecule has 0 saturated carbocycles. The molecule has 9 heteroatoms. The van der Waals surface area contributed by atoms with Crippen molar-refractivity contribution in [2.75, 3.05) is 44.5 Å². The lowest BCUT2D eigenvalue weighted by Gasteiger charge is -2.38. The quantitative estimate of drug-likeness (QED) is 0.360. The van der Waals surface area contributed by atoms with Gasteiger partial charge in [0.25, 0.3) is 5.91 Å². The number of ether oxygens (including phenoxy) is 2. The van der Waals surface area contributed by atoms with Crippen LogP contribution in [-0.2, 0) is 6.54 Å². The summed E-state index contributed by atoms with van der Waals surface area (Å²) in [5, 5.41) is 15.6. The average Bonchev–Trinajstić information content (AvgIpc) is 2.95. The van der Waals surface area contributed by atoms with Crippen LogP contribution in [0, 0.1) is 5.92 Å². The number of fused-ring (bicyclic) bond motifs is 1. The summed E-state index contributed by atoms with van der Waals surface area (Å²) in [6, 6.07) is 21.5. The fourth-order valence-corrected chi connectivity index (χ4v) is 4.79. The third kappa shape index (κ3) is 7.11. The Kier molecular flexibility index (Phi) is 9.63. The smallest absolute Gasteiger partial charge is 0.323 e. The maximum atomic E-state index is 13.7. The molecule has 1 aliphatic heterocycles. The molecule has 0 aliphatic carbocycles. The Hall–Kier alpha value is -4.08. The number of rotatable bonds is 9. The molecule has 1 aliphatic rings. The van der Waals surface area contributed by atoms with Crippen LogP contribution in [0.15, 0.2) is 72.8 Å². The van der Waals surface area contributed by atoms with Crippen LogP contribution in [0.4, 0.5) is 16.2 Å². The van der Waals surface area contributed by atoms with Crippen LogP contribution in [0.3, 0.4) is 0 Å². The first-order valence-electron chi connectivity index (χ1n) is 13.4. The lowest BCUT2D eigenvalue weighted by molar-refractivity contribution is 0.0343. The Balaban J connectivity index is 1.61. The van der Waals surface area contributed by atoms with Gasteiger partial charge in [-0.05, 0) is 55.9 Å². The van der Waals surface area contributed by atoms with Crippen molar-refractivity contribution in [3.05, 3.63) is 83.9 Å². The summed E-state index contributed by atoms with van der Waals surface area (Å²) in [5.74, 6) is 0.697. The van der Waals surface area contributed by atoms with Crippen LogP contribution in [0.5, 0.6) is 11.5 Å². The molecule has 3 aromatic carbocycles. The van der Waals surface area contributed by atoms with Crippen LogP contribution >= 0.6 is 0 Å². The zero-order valence-electron chi connectivity index (χ0n) is 23.5. The SMILES string of the molecule is COc1ccc(NC(=O)Nc2cccc3c2O[C@H](CN(C)Cc2ccccc2)[C@@H](C)CN([C@H](C)CO)C3=O)cc1. The van der Waals surface area contributed by atoms with Gasteiger partial charge in [0.1, 0.15) is 11.9 Å². The van der Waals surface area contributed by atoms with E-state index in [0.29, 0.717) is 41.5 Å². The fourth-order valence-electron chi connectivity index (χ4n) is 4.79. The van der Waals surface area contributed by atoms with Crippen molar-refractivity contribution in [2.45, 2.75) is 32.5 Å². The highest BCUT2D eigenvalue weighted by Gasteiger charge is 2.34. The summed E-state index contributed by atoms with van der Waals surface area (Å²) in [6.07, 6.45) is -0.290. The van der Waals surface area contributed by atoms with Gasteiger partial charge in [0.15, 0.2) is 5.75 Å². The summed E-state index contributed by atoms with van der Waals surface area (Å²) in [5.41, 5.74) is 2.50. The fraction of sp³-hybridized carbons (Fsp3) is 0.355. The summed E-state index contributed by atoms with van der Waals surface area (Å²) >= 11 is 0. The number of amides is 3. The number of urea groups is 1. The Bertz CT molecular complexity index is 1280. The number of hydrogen-bond acceptors (Lipinski definition) is 6. The van der Waals surface area contributed by atoms with Gasteiger partial charge >= 0.3 is 6.03 Å². The highest BCUT2D eigenvalue weighted by Crippen LogP contribution is 2.35. The second-order valence-electron chi connectivity index (χ2n) is 10.3. The van der Waals surface area contributed by atoms with E-state index in [2.05, 4.69) is 27.7 Å². The van der Waals surface area contributed by atoms with E-state index in [1.165, 1.54) is 5.56 Å². The Labute approximate surface area is 235 Å². The molecule has 0 radical (unpaired) electrons. The summed E-state index contributed by atoms with van der Waals surface area (Å²) < 4.78 is 11.8. The van der Waals surface area contributed by atoms with E-state index in [-0.39, 0.29) is 30.6 Å². The summed E-state index contributed by atoms with van der Waals surface area (Å²) in [6.45, 7) is 5.48. The second-order valence-corrected chi connectivity index (χ2v) is 10.3. The van der Waals surface area contributed by atoms with Crippen molar-refractivity contribution >= 4 is 23.3 Å². The number of methoxy groups -OCH3 is 1. The van der Waals surface area contributed by atoms with Crippen LogP contribution < -0.4 is 20.1 Å². The van der Waals surface area contributed by atoms with Crippen LogP contribution in [0.1, 0.15) is 29.8 Å². The minimum atomic E-state index is -0.469. The number of nitrogens with zero attached hydrogens (tertiary/aromatic N) is 2. The zero-order chi connectivity index (χ0) is 28.6. The van der Waals surface area contributed by atoms with E-state index >= 15 is 0 Å². The molecular weight excluding hydrogens is 508 g/mol. The van der Waals surface area contributed by atoms with Crippen molar-refractivity contribution in [1.29, 1.82) is 0 Å².